The Hall–Kier alpha value is -2.57. The molecule has 0 saturated heterocycles. The predicted octanol–water partition coefficient (Wildman–Crippen LogP) is 0.893. The Bertz CT molecular complexity index is 658. The summed E-state index contributed by atoms with van der Waals surface area (Å²) < 4.78 is 11.5. The average Bonchev–Trinajstić information content (AvgIpc) is 2.56. The van der Waals surface area contributed by atoms with E-state index < -0.39 is 0 Å². The highest BCUT2D eigenvalue weighted by Gasteiger charge is 2.28. The number of amides is 2. The molecule has 0 radical (unpaired) electrons. The molecule has 2 heterocycles. The second kappa shape index (κ2) is 6.28. The van der Waals surface area contributed by atoms with E-state index in [1.807, 2.05) is 24.3 Å². The Balaban J connectivity index is 1.61. The van der Waals surface area contributed by atoms with Crippen LogP contribution < -0.4 is 9.47 Å². The van der Waals surface area contributed by atoms with E-state index in [1.165, 1.54) is 5.01 Å². The molecule has 1 atom stereocenters. The van der Waals surface area contributed by atoms with E-state index in [-0.39, 0.29) is 17.9 Å². The highest BCUT2D eigenvalue weighted by Crippen LogP contribution is 2.30. The van der Waals surface area contributed by atoms with Crippen LogP contribution in [0.25, 0.3) is 0 Å². The van der Waals surface area contributed by atoms with E-state index in [2.05, 4.69) is 5.10 Å². The van der Waals surface area contributed by atoms with Crippen LogP contribution in [-0.2, 0) is 9.59 Å². The van der Waals surface area contributed by atoms with Gasteiger partial charge in [0.2, 0.25) is 5.91 Å². The number of hydrogen-bond acceptors (Lipinski definition) is 5. The Labute approximate surface area is 134 Å². The van der Waals surface area contributed by atoms with Crippen LogP contribution in [0.15, 0.2) is 29.4 Å². The molecular weight excluding hydrogens is 298 g/mol. The van der Waals surface area contributed by atoms with E-state index in [0.29, 0.717) is 37.5 Å². The molecule has 0 fully saturated rings. The van der Waals surface area contributed by atoms with Gasteiger partial charge in [-0.1, -0.05) is 12.1 Å². The number of nitrogens with zero attached hydrogens (tertiary/aromatic N) is 3. The minimum absolute atomic E-state index is 0.0789. The summed E-state index contributed by atoms with van der Waals surface area (Å²) in [6, 6.07) is 7.46. The van der Waals surface area contributed by atoms with Crippen LogP contribution in [0.2, 0.25) is 0 Å². The summed E-state index contributed by atoms with van der Waals surface area (Å²) in [5.41, 5.74) is 0.395. The number of para-hydroxylation sites is 2. The molecular formula is C16H19N3O4. The van der Waals surface area contributed by atoms with Crippen LogP contribution in [0.3, 0.4) is 0 Å². The van der Waals surface area contributed by atoms with Crippen molar-refractivity contribution >= 4 is 17.5 Å². The minimum atomic E-state index is -0.234. The molecule has 0 saturated carbocycles. The summed E-state index contributed by atoms with van der Waals surface area (Å²) in [4.78, 5) is 25.4. The van der Waals surface area contributed by atoms with Crippen LogP contribution >= 0.6 is 0 Å². The lowest BCUT2D eigenvalue weighted by molar-refractivity contribution is -0.130. The molecule has 23 heavy (non-hydrogen) atoms. The van der Waals surface area contributed by atoms with Crippen molar-refractivity contribution in [2.75, 3.05) is 27.2 Å². The van der Waals surface area contributed by atoms with Gasteiger partial charge in [-0.15, -0.1) is 0 Å². The molecule has 1 unspecified atom stereocenters. The Morgan fingerprint density at radius 3 is 2.83 bits per heavy atom. The van der Waals surface area contributed by atoms with Crippen molar-refractivity contribution in [2.45, 2.75) is 18.9 Å². The molecule has 2 aliphatic rings. The molecule has 7 heteroatoms. The van der Waals surface area contributed by atoms with Crippen molar-refractivity contribution in [1.82, 2.24) is 9.91 Å². The summed E-state index contributed by atoms with van der Waals surface area (Å²) in [7, 11) is 3.26. The fourth-order valence-electron chi connectivity index (χ4n) is 2.59. The fraction of sp³-hybridized carbons (Fsp3) is 0.438. The zero-order valence-corrected chi connectivity index (χ0v) is 13.2. The van der Waals surface area contributed by atoms with E-state index in [4.69, 9.17) is 9.47 Å². The second-order valence-corrected chi connectivity index (χ2v) is 5.65. The SMILES string of the molecule is CN(CC1COc2ccccc2O1)C(=O)C1=NN(C)C(=O)CC1. The molecule has 1 aromatic carbocycles. The Kier molecular flexibility index (Phi) is 4.18. The number of carbonyl (C=O) groups is 2. The van der Waals surface area contributed by atoms with Gasteiger partial charge in [-0.2, -0.15) is 5.10 Å². The molecule has 2 amide bonds. The van der Waals surface area contributed by atoms with Crippen LogP contribution in [0, 0.1) is 0 Å². The molecule has 0 N–H and O–H groups in total. The van der Waals surface area contributed by atoms with Gasteiger partial charge in [0.05, 0.1) is 6.54 Å². The lowest BCUT2D eigenvalue weighted by Crippen LogP contribution is -2.45. The summed E-state index contributed by atoms with van der Waals surface area (Å²) in [6.07, 6.45) is 0.449. The van der Waals surface area contributed by atoms with Crippen molar-refractivity contribution < 1.29 is 19.1 Å². The standard InChI is InChI=1S/C16H19N3O4/c1-18(16(21)12-7-8-15(20)19(2)17-12)9-11-10-22-13-5-3-4-6-14(13)23-11/h3-6,11H,7-10H2,1-2H3. The van der Waals surface area contributed by atoms with Crippen molar-refractivity contribution in [2.24, 2.45) is 5.10 Å². The van der Waals surface area contributed by atoms with E-state index in [0.717, 1.165) is 5.75 Å². The molecule has 122 valence electrons. The zero-order chi connectivity index (χ0) is 16.4. The molecule has 7 nitrogen and oxygen atoms in total. The lowest BCUT2D eigenvalue weighted by Gasteiger charge is -2.30. The third-order valence-corrected chi connectivity index (χ3v) is 3.85. The molecule has 0 spiro atoms. The number of hydrazone groups is 1. The first-order valence-corrected chi connectivity index (χ1v) is 7.52. The van der Waals surface area contributed by atoms with Gasteiger partial charge in [0.1, 0.15) is 12.3 Å². The maximum absolute atomic E-state index is 12.4. The smallest absolute Gasteiger partial charge is 0.269 e. The topological polar surface area (TPSA) is 71.4 Å². The maximum atomic E-state index is 12.4. The van der Waals surface area contributed by atoms with Gasteiger partial charge in [0.25, 0.3) is 5.91 Å². The lowest BCUT2D eigenvalue weighted by atomic mass is 10.1. The number of ether oxygens (including phenoxy) is 2. The maximum Gasteiger partial charge on any atom is 0.269 e. The summed E-state index contributed by atoms with van der Waals surface area (Å²) in [5.74, 6) is 1.14. The molecule has 0 bridgehead atoms. The fourth-order valence-corrected chi connectivity index (χ4v) is 2.59. The van der Waals surface area contributed by atoms with Crippen LogP contribution in [0.5, 0.6) is 11.5 Å². The van der Waals surface area contributed by atoms with E-state index >= 15 is 0 Å². The number of hydrogen-bond donors (Lipinski definition) is 0. The molecule has 3 rings (SSSR count). The van der Waals surface area contributed by atoms with Crippen LogP contribution in [-0.4, -0.2) is 60.8 Å². The largest absolute Gasteiger partial charge is 0.486 e. The van der Waals surface area contributed by atoms with Crippen molar-refractivity contribution in [3.63, 3.8) is 0 Å². The Morgan fingerprint density at radius 1 is 1.35 bits per heavy atom. The summed E-state index contributed by atoms with van der Waals surface area (Å²) in [6.45, 7) is 0.781. The minimum Gasteiger partial charge on any atom is -0.486 e. The first kappa shape index (κ1) is 15.3. The first-order chi connectivity index (χ1) is 11.0. The summed E-state index contributed by atoms with van der Waals surface area (Å²) in [5, 5.41) is 5.27. The molecule has 1 aromatic rings. The number of likely N-dealkylation sites (N-methyl/N-ethyl adjacent to an activating group) is 1. The summed E-state index contributed by atoms with van der Waals surface area (Å²) >= 11 is 0. The molecule has 0 aromatic heterocycles. The van der Waals surface area contributed by atoms with Crippen molar-refractivity contribution in [1.29, 1.82) is 0 Å². The van der Waals surface area contributed by atoms with Gasteiger partial charge < -0.3 is 14.4 Å². The van der Waals surface area contributed by atoms with Gasteiger partial charge in [-0.3, -0.25) is 9.59 Å². The second-order valence-electron chi connectivity index (χ2n) is 5.65. The first-order valence-electron chi connectivity index (χ1n) is 7.52. The third kappa shape index (κ3) is 3.28. The van der Waals surface area contributed by atoms with Gasteiger partial charge in [-0.25, -0.2) is 5.01 Å². The Morgan fingerprint density at radius 2 is 2.09 bits per heavy atom. The quantitative estimate of drug-likeness (QED) is 0.830. The van der Waals surface area contributed by atoms with Crippen molar-refractivity contribution in [3.8, 4) is 11.5 Å². The molecule has 0 aliphatic carbocycles. The monoisotopic (exact) mass is 317 g/mol. The predicted molar refractivity (Wildman–Crippen MR) is 83.4 cm³/mol. The molecule has 2 aliphatic heterocycles. The number of carbonyl (C=O) groups excluding carboxylic acids is 2. The zero-order valence-electron chi connectivity index (χ0n) is 13.2. The normalized spacial score (nSPS) is 20.1. The third-order valence-electron chi connectivity index (χ3n) is 3.85. The number of rotatable bonds is 3. The van der Waals surface area contributed by atoms with Crippen LogP contribution in [0.4, 0.5) is 0 Å². The average molecular weight is 317 g/mol. The van der Waals surface area contributed by atoms with E-state index in [1.54, 1.807) is 19.0 Å². The number of fused-ring (bicyclic) bond motifs is 1. The van der Waals surface area contributed by atoms with Gasteiger partial charge in [0, 0.05) is 26.9 Å². The van der Waals surface area contributed by atoms with E-state index in [9.17, 15) is 9.59 Å². The van der Waals surface area contributed by atoms with Gasteiger partial charge in [-0.05, 0) is 12.1 Å². The highest BCUT2D eigenvalue weighted by atomic mass is 16.6. The van der Waals surface area contributed by atoms with Gasteiger partial charge in [0.15, 0.2) is 17.6 Å². The van der Waals surface area contributed by atoms with Crippen molar-refractivity contribution in [3.05, 3.63) is 24.3 Å². The number of benzene rings is 1. The van der Waals surface area contributed by atoms with Gasteiger partial charge >= 0.3 is 0 Å². The van der Waals surface area contributed by atoms with Crippen LogP contribution in [0.1, 0.15) is 12.8 Å². The highest BCUT2D eigenvalue weighted by molar-refractivity contribution is 6.39.